The first kappa shape index (κ1) is 19.6. The van der Waals surface area contributed by atoms with Gasteiger partial charge in [-0.25, -0.2) is 4.98 Å². The summed E-state index contributed by atoms with van der Waals surface area (Å²) in [5.74, 6) is 0.736. The fraction of sp³-hybridized carbons (Fsp3) is 0.273. The van der Waals surface area contributed by atoms with Gasteiger partial charge in [-0.1, -0.05) is 72.8 Å². The highest BCUT2D eigenvalue weighted by Crippen LogP contribution is 2.34. The molecule has 1 atom stereocenters. The fourth-order valence-electron chi connectivity index (χ4n) is 3.30. The number of nitrogens with zero attached hydrogens (tertiary/aromatic N) is 2. The van der Waals surface area contributed by atoms with Gasteiger partial charge in [0.25, 0.3) is 5.56 Å². The average molecular weight is 429 g/mol. The molecule has 0 radical (unpaired) electrons. The number of hydrogen-bond donors (Lipinski definition) is 0. The van der Waals surface area contributed by atoms with E-state index in [4.69, 9.17) is 16.6 Å². The summed E-state index contributed by atoms with van der Waals surface area (Å²) >= 11 is 9.38. The molecule has 1 unspecified atom stereocenters. The maximum Gasteiger partial charge on any atom is 0.268 e. The van der Waals surface area contributed by atoms with E-state index in [0.29, 0.717) is 11.8 Å². The van der Waals surface area contributed by atoms with Crippen molar-refractivity contribution in [2.75, 3.05) is 0 Å². The zero-order valence-electron chi connectivity index (χ0n) is 15.6. The summed E-state index contributed by atoms with van der Waals surface area (Å²) in [6.45, 7) is 2.79. The third kappa shape index (κ3) is 4.48. The van der Waals surface area contributed by atoms with E-state index in [0.717, 1.165) is 44.9 Å². The molecular formula is C22H21ClN2OS2. The van der Waals surface area contributed by atoms with Gasteiger partial charge in [-0.3, -0.25) is 9.36 Å². The molecule has 3 aromatic rings. The van der Waals surface area contributed by atoms with Crippen molar-refractivity contribution in [2.24, 2.45) is 0 Å². The van der Waals surface area contributed by atoms with Gasteiger partial charge in [0, 0.05) is 29.0 Å². The van der Waals surface area contributed by atoms with E-state index < -0.39 is 0 Å². The highest BCUT2D eigenvalue weighted by molar-refractivity contribution is 8.00. The Balaban J connectivity index is 1.62. The molecule has 0 amide bonds. The molecule has 0 spiro atoms. The number of aromatic nitrogens is 2. The van der Waals surface area contributed by atoms with E-state index in [9.17, 15) is 4.79 Å². The van der Waals surface area contributed by atoms with Gasteiger partial charge in [-0.05, 0) is 29.7 Å². The Morgan fingerprint density at radius 1 is 1.18 bits per heavy atom. The van der Waals surface area contributed by atoms with Gasteiger partial charge in [0.2, 0.25) is 0 Å². The van der Waals surface area contributed by atoms with Gasteiger partial charge < -0.3 is 0 Å². The van der Waals surface area contributed by atoms with Crippen molar-refractivity contribution in [1.29, 1.82) is 0 Å². The first-order valence-corrected chi connectivity index (χ1v) is 11.6. The first-order chi connectivity index (χ1) is 13.6. The monoisotopic (exact) mass is 428 g/mol. The summed E-state index contributed by atoms with van der Waals surface area (Å²) in [4.78, 5) is 18.9. The normalized spacial score (nSPS) is 15.6. The molecule has 3 nitrogen and oxygen atoms in total. The Bertz CT molecular complexity index is 1040. The maximum atomic E-state index is 13.2. The van der Waals surface area contributed by atoms with Crippen LogP contribution in [0.4, 0.5) is 0 Å². The summed E-state index contributed by atoms with van der Waals surface area (Å²) in [7, 11) is 0. The molecule has 0 saturated carbocycles. The van der Waals surface area contributed by atoms with E-state index in [1.807, 2.05) is 41.0 Å². The van der Waals surface area contributed by atoms with Crippen LogP contribution in [0.2, 0.25) is 5.02 Å². The van der Waals surface area contributed by atoms with Crippen LogP contribution in [-0.4, -0.2) is 14.8 Å². The van der Waals surface area contributed by atoms with Gasteiger partial charge in [0.1, 0.15) is 0 Å². The van der Waals surface area contributed by atoms with Crippen molar-refractivity contribution in [3.8, 4) is 0 Å². The number of aryl methyl sites for hydroxylation is 1. The maximum absolute atomic E-state index is 13.2. The SMILES string of the molecule is CC1Cc2nc(SCc3cccc(Cl)c3)n(CCc3ccccc3)c(=O)c2S1. The molecular weight excluding hydrogens is 408 g/mol. The average Bonchev–Trinajstić information content (AvgIpc) is 3.07. The Morgan fingerprint density at radius 2 is 1.96 bits per heavy atom. The van der Waals surface area contributed by atoms with Crippen LogP contribution in [0, 0.1) is 0 Å². The van der Waals surface area contributed by atoms with Gasteiger partial charge in [-0.15, -0.1) is 11.8 Å². The van der Waals surface area contributed by atoms with Crippen molar-refractivity contribution in [3.63, 3.8) is 0 Å². The summed E-state index contributed by atoms with van der Waals surface area (Å²) in [6.07, 6.45) is 1.67. The van der Waals surface area contributed by atoms with Crippen LogP contribution in [-0.2, 0) is 25.1 Å². The van der Waals surface area contributed by atoms with E-state index in [1.54, 1.807) is 23.5 Å². The molecule has 144 valence electrons. The van der Waals surface area contributed by atoms with Crippen molar-refractivity contribution < 1.29 is 0 Å². The van der Waals surface area contributed by atoms with Crippen LogP contribution in [0.3, 0.4) is 0 Å². The van der Waals surface area contributed by atoms with Crippen molar-refractivity contribution >= 4 is 35.1 Å². The molecule has 0 bridgehead atoms. The van der Waals surface area contributed by atoms with Crippen LogP contribution < -0.4 is 5.56 Å². The molecule has 28 heavy (non-hydrogen) atoms. The second-order valence-electron chi connectivity index (χ2n) is 6.91. The Kier molecular flexibility index (Phi) is 6.14. The van der Waals surface area contributed by atoms with Crippen LogP contribution in [0.5, 0.6) is 0 Å². The number of hydrogen-bond acceptors (Lipinski definition) is 4. The smallest absolute Gasteiger partial charge is 0.268 e. The predicted molar refractivity (Wildman–Crippen MR) is 119 cm³/mol. The highest BCUT2D eigenvalue weighted by atomic mass is 35.5. The molecule has 0 aliphatic carbocycles. The zero-order valence-corrected chi connectivity index (χ0v) is 18.0. The lowest BCUT2D eigenvalue weighted by atomic mass is 10.1. The first-order valence-electron chi connectivity index (χ1n) is 9.31. The van der Waals surface area contributed by atoms with E-state index in [-0.39, 0.29) is 5.56 Å². The van der Waals surface area contributed by atoms with E-state index in [1.165, 1.54) is 5.56 Å². The Hall–Kier alpha value is -1.69. The van der Waals surface area contributed by atoms with Crippen molar-refractivity contribution in [2.45, 2.75) is 47.4 Å². The van der Waals surface area contributed by atoms with Crippen LogP contribution >= 0.6 is 35.1 Å². The standard InChI is InChI=1S/C22H21ClN2OS2/c1-15-12-19-20(28-15)21(26)25(11-10-16-6-3-2-4-7-16)22(24-19)27-14-17-8-5-9-18(23)13-17/h2-9,13,15H,10-12,14H2,1H3. The molecule has 1 aliphatic heterocycles. The molecule has 4 rings (SSSR count). The molecule has 6 heteroatoms. The minimum Gasteiger partial charge on any atom is -0.286 e. The lowest BCUT2D eigenvalue weighted by Crippen LogP contribution is -2.26. The quantitative estimate of drug-likeness (QED) is 0.385. The molecule has 1 aliphatic rings. The topological polar surface area (TPSA) is 34.9 Å². The third-order valence-electron chi connectivity index (χ3n) is 4.69. The highest BCUT2D eigenvalue weighted by Gasteiger charge is 2.26. The summed E-state index contributed by atoms with van der Waals surface area (Å²) < 4.78 is 1.85. The van der Waals surface area contributed by atoms with E-state index >= 15 is 0 Å². The number of fused-ring (bicyclic) bond motifs is 1. The minimum atomic E-state index is 0.101. The van der Waals surface area contributed by atoms with E-state index in [2.05, 4.69) is 25.1 Å². The van der Waals surface area contributed by atoms with Gasteiger partial charge in [-0.2, -0.15) is 0 Å². The van der Waals surface area contributed by atoms with Crippen LogP contribution in [0.25, 0.3) is 0 Å². The summed E-state index contributed by atoms with van der Waals surface area (Å²) in [5.41, 5.74) is 3.40. The largest absolute Gasteiger partial charge is 0.286 e. The molecule has 1 aromatic heterocycles. The molecule has 0 N–H and O–H groups in total. The third-order valence-corrected chi connectivity index (χ3v) is 7.18. The predicted octanol–water partition coefficient (Wildman–Crippen LogP) is 5.47. The lowest BCUT2D eigenvalue weighted by molar-refractivity contribution is 0.564. The van der Waals surface area contributed by atoms with Crippen molar-refractivity contribution in [3.05, 3.63) is 86.8 Å². The van der Waals surface area contributed by atoms with Crippen molar-refractivity contribution in [1.82, 2.24) is 9.55 Å². The molecule has 0 saturated heterocycles. The lowest BCUT2D eigenvalue weighted by Gasteiger charge is -2.14. The fourth-order valence-corrected chi connectivity index (χ4v) is 5.61. The summed E-state index contributed by atoms with van der Waals surface area (Å²) in [5, 5.41) is 1.94. The van der Waals surface area contributed by atoms with Gasteiger partial charge in [0.05, 0.1) is 10.6 Å². The number of benzene rings is 2. The second-order valence-corrected chi connectivity index (χ2v) is 9.74. The zero-order chi connectivity index (χ0) is 19.5. The molecule has 2 aromatic carbocycles. The number of thioether (sulfide) groups is 2. The Morgan fingerprint density at radius 3 is 2.75 bits per heavy atom. The van der Waals surface area contributed by atoms with Gasteiger partial charge in [0.15, 0.2) is 5.16 Å². The molecule has 0 fully saturated rings. The molecule has 2 heterocycles. The number of rotatable bonds is 6. The summed E-state index contributed by atoms with van der Waals surface area (Å²) in [6, 6.07) is 18.1. The minimum absolute atomic E-state index is 0.101. The second kappa shape index (κ2) is 8.76. The van der Waals surface area contributed by atoms with Crippen LogP contribution in [0.1, 0.15) is 23.7 Å². The number of halogens is 1. The van der Waals surface area contributed by atoms with Crippen LogP contribution in [0.15, 0.2) is 69.4 Å². The Labute approximate surface area is 178 Å². The van der Waals surface area contributed by atoms with Gasteiger partial charge >= 0.3 is 0 Å².